The molecule has 0 aliphatic carbocycles. The predicted octanol–water partition coefficient (Wildman–Crippen LogP) is 9.57. The van der Waals surface area contributed by atoms with Crippen molar-refractivity contribution in [1.82, 2.24) is 40.3 Å². The zero-order chi connectivity index (χ0) is 38.8. The van der Waals surface area contributed by atoms with Crippen LogP contribution in [0.4, 0.5) is 23.0 Å². The van der Waals surface area contributed by atoms with Gasteiger partial charge in [0.2, 0.25) is 11.8 Å². The van der Waals surface area contributed by atoms with Gasteiger partial charge in [-0.2, -0.15) is 0 Å². The summed E-state index contributed by atoms with van der Waals surface area (Å²) in [5.41, 5.74) is 4.77. The third-order valence-corrected chi connectivity index (χ3v) is 8.48. The van der Waals surface area contributed by atoms with Gasteiger partial charge in [0, 0.05) is 81.8 Å². The summed E-state index contributed by atoms with van der Waals surface area (Å²) < 4.78 is 11.3. The lowest BCUT2D eigenvalue weighted by Gasteiger charge is -2.04. The lowest BCUT2D eigenvalue weighted by molar-refractivity contribution is -0.385. The minimum atomic E-state index is -0.458. The Balaban J connectivity index is 0.000000290. The minimum Gasteiger partial charge on any atom is -0.411 e. The van der Waals surface area contributed by atoms with Crippen LogP contribution in [-0.4, -0.2) is 61.6 Å². The normalized spacial score (nSPS) is 10.2. The summed E-state index contributed by atoms with van der Waals surface area (Å²) in [6.45, 7) is 11.3. The number of rotatable bonds is 12. The second-order valence-corrected chi connectivity index (χ2v) is 13.4. The number of aromatic nitrogens is 8. The zero-order valence-corrected chi connectivity index (χ0v) is 31.5. The third-order valence-electron chi connectivity index (χ3n) is 6.75. The van der Waals surface area contributed by atoms with E-state index >= 15 is 0 Å². The molecule has 0 unspecified atom stereocenters. The average molecular weight is 801 g/mol. The Morgan fingerprint density at radius 1 is 0.625 bits per heavy atom. The number of hydrogen-bond donors (Lipinski definition) is 0. The molecule has 0 aliphatic rings. The molecule has 0 saturated heterocycles. The van der Waals surface area contributed by atoms with Gasteiger partial charge < -0.3 is 8.83 Å². The highest BCUT2D eigenvalue weighted by Crippen LogP contribution is 2.31. The van der Waals surface area contributed by atoms with Crippen LogP contribution in [0.5, 0.6) is 0 Å². The summed E-state index contributed by atoms with van der Waals surface area (Å²) in [7, 11) is 0. The van der Waals surface area contributed by atoms with Crippen LogP contribution in [0.2, 0.25) is 0 Å². The molecule has 4 aromatic heterocycles. The number of non-ortho nitro benzene ring substituents is 2. The van der Waals surface area contributed by atoms with E-state index in [2.05, 4.69) is 50.3 Å². The summed E-state index contributed by atoms with van der Waals surface area (Å²) in [6, 6.07) is 11.9. The maximum absolute atomic E-state index is 10.7. The van der Waals surface area contributed by atoms with Crippen LogP contribution in [-0.2, 0) is 11.5 Å². The lowest BCUT2D eigenvalue weighted by Crippen LogP contribution is -1.94. The zero-order valence-electron chi connectivity index (χ0n) is 29.8. The van der Waals surface area contributed by atoms with Gasteiger partial charge in [0.05, 0.1) is 9.85 Å². The summed E-state index contributed by atoms with van der Waals surface area (Å²) in [4.78, 5) is 46.6. The van der Waals surface area contributed by atoms with Gasteiger partial charge in [-0.05, 0) is 65.8 Å². The van der Waals surface area contributed by atoms with E-state index in [0.29, 0.717) is 68.1 Å². The highest BCUT2D eigenvalue weighted by molar-refractivity contribution is 7.98. The van der Waals surface area contributed by atoms with Gasteiger partial charge in [0.25, 0.3) is 21.8 Å². The van der Waals surface area contributed by atoms with Crippen molar-refractivity contribution < 1.29 is 18.7 Å². The molecule has 6 rings (SSSR count). The number of nitrogens with zero attached hydrogens (tertiary/aromatic N) is 12. The van der Waals surface area contributed by atoms with Gasteiger partial charge in [-0.1, -0.05) is 38.4 Å². The largest absolute Gasteiger partial charge is 0.411 e. The summed E-state index contributed by atoms with van der Waals surface area (Å²) in [6.07, 6.45) is 3.48. The smallest absolute Gasteiger partial charge is 0.277 e. The summed E-state index contributed by atoms with van der Waals surface area (Å²) >= 11 is 2.69. The van der Waals surface area contributed by atoms with E-state index in [-0.39, 0.29) is 26.2 Å². The lowest BCUT2D eigenvalue weighted by atomic mass is 10.2. The maximum atomic E-state index is 10.7. The molecule has 0 atom stereocenters. The van der Waals surface area contributed by atoms with Crippen LogP contribution >= 0.6 is 23.5 Å². The number of hydrogen-bond acceptors (Lipinski definition) is 18. The molecule has 2 aromatic carbocycles. The molecule has 0 spiro atoms. The quantitative estimate of drug-likeness (QED) is 0.0484. The molecule has 0 aliphatic heterocycles. The monoisotopic (exact) mass is 800 g/mol. The fraction of sp³-hybridized carbons (Fsp3) is 0.278. The Bertz CT molecular complexity index is 2160. The second-order valence-electron chi connectivity index (χ2n) is 11.6. The Labute approximate surface area is 331 Å². The van der Waals surface area contributed by atoms with Crippen LogP contribution in [0.3, 0.4) is 0 Å². The van der Waals surface area contributed by atoms with Gasteiger partial charge in [0.15, 0.2) is 11.6 Å². The van der Waals surface area contributed by atoms with Crippen LogP contribution in [0.1, 0.15) is 65.3 Å². The van der Waals surface area contributed by atoms with Crippen molar-refractivity contribution in [2.75, 3.05) is 0 Å². The molecule has 0 saturated carbocycles. The first-order valence-electron chi connectivity index (χ1n) is 16.0. The molecule has 0 bridgehead atoms. The molecule has 0 radical (unpaired) electrons. The van der Waals surface area contributed by atoms with Crippen LogP contribution in [0, 0.1) is 34.1 Å². The number of aryl methyl sites for hydroxylation is 2. The molecule has 18 nitrogen and oxygen atoms in total. The van der Waals surface area contributed by atoms with E-state index in [0.717, 1.165) is 22.6 Å². The van der Waals surface area contributed by atoms with Crippen molar-refractivity contribution in [3.05, 3.63) is 104 Å². The molecule has 292 valence electrons. The number of nitro benzene ring substituents is 2. The average Bonchev–Trinajstić information content (AvgIpc) is 3.81. The maximum Gasteiger partial charge on any atom is 0.277 e. The minimum absolute atomic E-state index is 0. The first kappa shape index (κ1) is 44.1. The SMILES string of the molecule is C.C.CC(C)=Nc1nc(C)ncc1CSc1nnc(-c2ccc([N+](=O)[O-])cc2)o1.CC(C)=Nc1nc(C)ncc1CSc1nnc(-c2ccc([N+](=O)[O-])cc2)o1. The molecule has 0 fully saturated rings. The van der Waals surface area contributed by atoms with E-state index in [9.17, 15) is 20.2 Å². The molecule has 4 heterocycles. The van der Waals surface area contributed by atoms with Crippen molar-refractivity contribution in [3.63, 3.8) is 0 Å². The second kappa shape index (κ2) is 20.4. The van der Waals surface area contributed by atoms with Crippen molar-refractivity contribution in [1.29, 1.82) is 0 Å². The Hall–Kier alpha value is -6.28. The van der Waals surface area contributed by atoms with Crippen molar-refractivity contribution in [2.45, 2.75) is 78.3 Å². The van der Waals surface area contributed by atoms with Crippen LogP contribution in [0.25, 0.3) is 22.9 Å². The number of nitro groups is 2. The van der Waals surface area contributed by atoms with Crippen molar-refractivity contribution >= 4 is 58.0 Å². The predicted molar refractivity (Wildman–Crippen MR) is 216 cm³/mol. The standard InChI is InChI=1S/2C17H16N6O3S.2CH4/c2*1-10(2)19-15-13(8-18-11(3)20-15)9-27-17-22-21-16(26-17)12-4-6-14(7-5-12)23(24)25;;/h2*4-8H,9H2,1-3H3;2*1H4. The van der Waals surface area contributed by atoms with E-state index in [1.165, 1.54) is 47.8 Å². The van der Waals surface area contributed by atoms with Crippen LogP contribution in [0.15, 0.2) is 90.2 Å². The van der Waals surface area contributed by atoms with E-state index < -0.39 is 9.85 Å². The summed E-state index contributed by atoms with van der Waals surface area (Å²) in [5, 5.41) is 38.2. The van der Waals surface area contributed by atoms with E-state index in [1.807, 2.05) is 41.5 Å². The Morgan fingerprint density at radius 2 is 0.982 bits per heavy atom. The Kier molecular flexibility index (Phi) is 16.1. The third kappa shape index (κ3) is 12.4. The van der Waals surface area contributed by atoms with Gasteiger partial charge in [-0.15, -0.1) is 20.4 Å². The van der Waals surface area contributed by atoms with Gasteiger partial charge >= 0.3 is 0 Å². The fourth-order valence-corrected chi connectivity index (χ4v) is 5.72. The highest BCUT2D eigenvalue weighted by Gasteiger charge is 2.15. The molecular weight excluding hydrogens is 761 g/mol. The first-order valence-corrected chi connectivity index (χ1v) is 17.9. The molecule has 0 N–H and O–H groups in total. The molecule has 20 heteroatoms. The Morgan fingerprint density at radius 3 is 1.30 bits per heavy atom. The fourth-order valence-electron chi connectivity index (χ4n) is 4.29. The van der Waals surface area contributed by atoms with Crippen molar-refractivity contribution in [2.24, 2.45) is 9.98 Å². The van der Waals surface area contributed by atoms with Crippen molar-refractivity contribution in [3.8, 4) is 22.9 Å². The van der Waals surface area contributed by atoms with E-state index in [1.54, 1.807) is 36.7 Å². The molecule has 6 aromatic rings. The molecule has 56 heavy (non-hydrogen) atoms. The van der Waals surface area contributed by atoms with E-state index in [4.69, 9.17) is 8.83 Å². The summed E-state index contributed by atoms with van der Waals surface area (Å²) in [5.74, 6) is 4.22. The topological polar surface area (TPSA) is 240 Å². The first-order chi connectivity index (χ1) is 25.8. The number of benzene rings is 2. The molecule has 0 amide bonds. The molecular formula is C36H40N12O6S2. The van der Waals surface area contributed by atoms with Gasteiger partial charge in [0.1, 0.15) is 11.6 Å². The highest BCUT2D eigenvalue weighted by atomic mass is 32.2. The van der Waals surface area contributed by atoms with Crippen LogP contribution < -0.4 is 0 Å². The van der Waals surface area contributed by atoms with Gasteiger partial charge in [-0.3, -0.25) is 20.2 Å². The number of aliphatic imine (C=N–C) groups is 2. The number of thioether (sulfide) groups is 2. The van der Waals surface area contributed by atoms with Gasteiger partial charge in [-0.25, -0.2) is 29.9 Å².